The third-order valence-corrected chi connectivity index (χ3v) is 3.73. The van der Waals surface area contributed by atoms with Crippen molar-refractivity contribution in [2.24, 2.45) is 11.1 Å². The molecule has 1 aliphatic carbocycles. The minimum absolute atomic E-state index is 0.0924. The summed E-state index contributed by atoms with van der Waals surface area (Å²) in [5.74, 6) is 0.0991. The van der Waals surface area contributed by atoms with Gasteiger partial charge in [-0.25, -0.2) is 0 Å². The van der Waals surface area contributed by atoms with Crippen molar-refractivity contribution in [3.05, 3.63) is 0 Å². The van der Waals surface area contributed by atoms with Crippen LogP contribution in [-0.2, 0) is 9.53 Å². The van der Waals surface area contributed by atoms with Gasteiger partial charge in [-0.15, -0.1) is 0 Å². The first-order chi connectivity index (χ1) is 7.45. The first kappa shape index (κ1) is 11.8. The molecular formula is C11H18N2O2S. The number of thiocarbonyl (C=S) groups is 1. The van der Waals surface area contributed by atoms with E-state index in [9.17, 15) is 4.79 Å². The van der Waals surface area contributed by atoms with Gasteiger partial charge in [-0.05, 0) is 26.7 Å². The Hall–Kier alpha value is -0.680. The summed E-state index contributed by atoms with van der Waals surface area (Å²) in [6.07, 6.45) is 1.80. The number of carbonyl (C=O) groups excluding carboxylic acids is 1. The second kappa shape index (κ2) is 3.96. The van der Waals surface area contributed by atoms with Gasteiger partial charge in [0, 0.05) is 13.1 Å². The van der Waals surface area contributed by atoms with Crippen LogP contribution in [0.1, 0.15) is 26.7 Å². The molecule has 0 bridgehead atoms. The van der Waals surface area contributed by atoms with Gasteiger partial charge in [0.15, 0.2) is 0 Å². The van der Waals surface area contributed by atoms with Crippen LogP contribution < -0.4 is 5.73 Å². The number of carbonyl (C=O) groups is 1. The Morgan fingerprint density at radius 2 is 1.88 bits per heavy atom. The molecule has 2 rings (SSSR count). The predicted octanol–water partition coefficient (Wildman–Crippen LogP) is 0.688. The van der Waals surface area contributed by atoms with E-state index in [1.54, 1.807) is 0 Å². The molecule has 0 aromatic carbocycles. The van der Waals surface area contributed by atoms with Gasteiger partial charge in [-0.2, -0.15) is 0 Å². The molecule has 1 heterocycles. The maximum atomic E-state index is 12.3. The minimum atomic E-state index is -0.522. The van der Waals surface area contributed by atoms with Gasteiger partial charge >= 0.3 is 0 Å². The minimum Gasteiger partial charge on any atom is -0.392 e. The molecule has 1 saturated heterocycles. The number of morpholine rings is 1. The zero-order valence-corrected chi connectivity index (χ0v) is 10.5. The monoisotopic (exact) mass is 242 g/mol. The van der Waals surface area contributed by atoms with E-state index in [2.05, 4.69) is 0 Å². The maximum Gasteiger partial charge on any atom is 0.235 e. The van der Waals surface area contributed by atoms with Crippen LogP contribution in [0.15, 0.2) is 0 Å². The molecule has 2 fully saturated rings. The second-order valence-corrected chi connectivity index (χ2v) is 5.35. The molecule has 5 heteroatoms. The lowest BCUT2D eigenvalue weighted by atomic mass is 10.0. The smallest absolute Gasteiger partial charge is 0.235 e. The van der Waals surface area contributed by atoms with Crippen LogP contribution in [0.2, 0.25) is 0 Å². The highest BCUT2D eigenvalue weighted by atomic mass is 32.1. The van der Waals surface area contributed by atoms with Crippen LogP contribution in [0.3, 0.4) is 0 Å². The predicted molar refractivity (Wildman–Crippen MR) is 65.0 cm³/mol. The van der Waals surface area contributed by atoms with Gasteiger partial charge < -0.3 is 15.4 Å². The largest absolute Gasteiger partial charge is 0.392 e. The molecule has 2 atom stereocenters. The lowest BCUT2D eigenvalue weighted by Gasteiger charge is -2.37. The van der Waals surface area contributed by atoms with E-state index in [1.807, 2.05) is 18.7 Å². The number of rotatable bonds is 2. The zero-order chi connectivity index (χ0) is 11.9. The standard InChI is InChI=1S/C11H18N2O2S/c1-7-5-13(6-8(2)15-7)10(14)11(3-4-11)9(12)16/h7-8H,3-6H2,1-2H3,(H2,12,16)/t7-,8+. The van der Waals surface area contributed by atoms with Gasteiger partial charge in [-0.3, -0.25) is 4.79 Å². The quantitative estimate of drug-likeness (QED) is 0.724. The first-order valence-corrected chi connectivity index (χ1v) is 6.11. The molecule has 4 nitrogen and oxygen atoms in total. The van der Waals surface area contributed by atoms with Crippen molar-refractivity contribution in [3.8, 4) is 0 Å². The van der Waals surface area contributed by atoms with Gasteiger partial charge in [0.2, 0.25) is 5.91 Å². The van der Waals surface area contributed by atoms with Crippen LogP contribution in [-0.4, -0.2) is 41.1 Å². The topological polar surface area (TPSA) is 55.6 Å². The summed E-state index contributed by atoms with van der Waals surface area (Å²) in [4.78, 5) is 14.5. The van der Waals surface area contributed by atoms with Gasteiger partial charge in [0.05, 0.1) is 22.6 Å². The number of hydrogen-bond donors (Lipinski definition) is 1. The molecule has 0 spiro atoms. The lowest BCUT2D eigenvalue weighted by Crippen LogP contribution is -2.52. The van der Waals surface area contributed by atoms with Crippen molar-refractivity contribution in [1.29, 1.82) is 0 Å². The van der Waals surface area contributed by atoms with Gasteiger partial charge in [0.25, 0.3) is 0 Å². The molecule has 2 aliphatic rings. The molecule has 1 aliphatic heterocycles. The molecule has 1 saturated carbocycles. The number of nitrogens with zero attached hydrogens (tertiary/aromatic N) is 1. The number of amides is 1. The van der Waals surface area contributed by atoms with Crippen LogP contribution in [0, 0.1) is 5.41 Å². The Morgan fingerprint density at radius 3 is 2.25 bits per heavy atom. The average Bonchev–Trinajstić information content (AvgIpc) is 2.95. The van der Waals surface area contributed by atoms with E-state index < -0.39 is 5.41 Å². The fourth-order valence-electron chi connectivity index (χ4n) is 2.34. The Bertz CT molecular complexity index is 318. The molecule has 2 N–H and O–H groups in total. The van der Waals surface area contributed by atoms with Crippen molar-refractivity contribution in [1.82, 2.24) is 4.90 Å². The summed E-state index contributed by atoms with van der Waals surface area (Å²) in [6.45, 7) is 5.26. The van der Waals surface area contributed by atoms with E-state index in [-0.39, 0.29) is 18.1 Å². The van der Waals surface area contributed by atoms with Crippen molar-refractivity contribution in [2.75, 3.05) is 13.1 Å². The van der Waals surface area contributed by atoms with Crippen LogP contribution in [0.25, 0.3) is 0 Å². The van der Waals surface area contributed by atoms with Crippen molar-refractivity contribution in [2.45, 2.75) is 38.9 Å². The molecule has 16 heavy (non-hydrogen) atoms. The third kappa shape index (κ3) is 1.94. The second-order valence-electron chi connectivity index (χ2n) is 4.91. The van der Waals surface area contributed by atoms with E-state index in [0.717, 1.165) is 12.8 Å². The summed E-state index contributed by atoms with van der Waals surface area (Å²) in [5.41, 5.74) is 5.14. The molecule has 90 valence electrons. The van der Waals surface area contributed by atoms with E-state index in [1.165, 1.54) is 0 Å². The van der Waals surface area contributed by atoms with Crippen LogP contribution >= 0.6 is 12.2 Å². The Morgan fingerprint density at radius 1 is 1.38 bits per heavy atom. The number of ether oxygens (including phenoxy) is 1. The van der Waals surface area contributed by atoms with Crippen molar-refractivity contribution >= 4 is 23.1 Å². The fourth-order valence-corrected chi connectivity index (χ4v) is 2.63. The SMILES string of the molecule is C[C@@H]1CN(C(=O)C2(C(N)=S)CC2)C[C@H](C)O1. The van der Waals surface area contributed by atoms with Gasteiger partial charge in [0.1, 0.15) is 0 Å². The average molecular weight is 242 g/mol. The third-order valence-electron chi connectivity index (χ3n) is 3.34. The summed E-state index contributed by atoms with van der Waals surface area (Å²) >= 11 is 5.00. The summed E-state index contributed by atoms with van der Waals surface area (Å²) in [5, 5.41) is 0. The van der Waals surface area contributed by atoms with E-state index in [0.29, 0.717) is 18.1 Å². The molecule has 0 aromatic rings. The maximum absolute atomic E-state index is 12.3. The molecule has 0 aromatic heterocycles. The highest BCUT2D eigenvalue weighted by molar-refractivity contribution is 7.80. The Balaban J connectivity index is 2.07. The zero-order valence-electron chi connectivity index (χ0n) is 9.73. The summed E-state index contributed by atoms with van der Waals surface area (Å²) < 4.78 is 5.60. The highest BCUT2D eigenvalue weighted by Crippen LogP contribution is 2.47. The van der Waals surface area contributed by atoms with Gasteiger partial charge in [-0.1, -0.05) is 12.2 Å². The lowest BCUT2D eigenvalue weighted by molar-refractivity contribution is -0.146. The first-order valence-electron chi connectivity index (χ1n) is 5.70. The normalized spacial score (nSPS) is 32.2. The van der Waals surface area contributed by atoms with Crippen molar-refractivity contribution < 1.29 is 9.53 Å². The number of hydrogen-bond acceptors (Lipinski definition) is 3. The fraction of sp³-hybridized carbons (Fsp3) is 0.818. The number of nitrogens with two attached hydrogens (primary N) is 1. The highest BCUT2D eigenvalue weighted by Gasteiger charge is 2.54. The molecular weight excluding hydrogens is 224 g/mol. The van der Waals surface area contributed by atoms with E-state index >= 15 is 0 Å². The van der Waals surface area contributed by atoms with Crippen LogP contribution in [0.5, 0.6) is 0 Å². The molecule has 0 radical (unpaired) electrons. The summed E-state index contributed by atoms with van der Waals surface area (Å²) in [7, 11) is 0. The molecule has 1 amide bonds. The summed E-state index contributed by atoms with van der Waals surface area (Å²) in [6, 6.07) is 0. The Labute approximate surface area is 101 Å². The van der Waals surface area contributed by atoms with E-state index in [4.69, 9.17) is 22.7 Å². The molecule has 0 unspecified atom stereocenters. The van der Waals surface area contributed by atoms with Crippen LogP contribution in [0.4, 0.5) is 0 Å². The Kier molecular flexibility index (Phi) is 2.92. The van der Waals surface area contributed by atoms with Crippen molar-refractivity contribution in [3.63, 3.8) is 0 Å².